The van der Waals surface area contributed by atoms with Crippen LogP contribution >= 0.6 is 11.6 Å². The van der Waals surface area contributed by atoms with E-state index in [4.69, 9.17) is 16.8 Å². The van der Waals surface area contributed by atoms with Gasteiger partial charge in [0.25, 0.3) is 5.56 Å². The first-order chi connectivity index (χ1) is 10.4. The van der Waals surface area contributed by atoms with Crippen LogP contribution in [0.1, 0.15) is 12.5 Å². The molecular formula is C14H10ClF3N2O2. The second-order valence-corrected chi connectivity index (χ2v) is 4.74. The Labute approximate surface area is 128 Å². The summed E-state index contributed by atoms with van der Waals surface area (Å²) in [6.07, 6.45) is 0.884. The predicted molar refractivity (Wildman–Crippen MR) is 76.1 cm³/mol. The molecule has 0 fully saturated rings. The van der Waals surface area contributed by atoms with Crippen molar-refractivity contribution in [1.82, 2.24) is 4.57 Å². The topological polar surface area (TPSA) is 54.6 Å². The molecule has 0 spiro atoms. The molecule has 0 unspecified atom stereocenters. The van der Waals surface area contributed by atoms with Gasteiger partial charge in [0.2, 0.25) is 0 Å². The summed E-state index contributed by atoms with van der Waals surface area (Å²) in [4.78, 5) is 12.0. The first kappa shape index (κ1) is 16.1. The van der Waals surface area contributed by atoms with Crippen LogP contribution < -0.4 is 5.56 Å². The number of halogens is 4. The highest BCUT2D eigenvalue weighted by atomic mass is 35.5. The van der Waals surface area contributed by atoms with Gasteiger partial charge in [-0.3, -0.25) is 4.79 Å². The number of nitrogens with zero attached hydrogens (tertiary/aromatic N) is 2. The molecule has 1 aromatic heterocycles. The summed E-state index contributed by atoms with van der Waals surface area (Å²) in [6, 6.07) is 2.11. The van der Waals surface area contributed by atoms with Crippen molar-refractivity contribution >= 4 is 17.8 Å². The van der Waals surface area contributed by atoms with Crippen LogP contribution in [0.3, 0.4) is 0 Å². The van der Waals surface area contributed by atoms with Crippen LogP contribution in [-0.2, 0) is 6.54 Å². The Hall–Kier alpha value is -2.28. The summed E-state index contributed by atoms with van der Waals surface area (Å²) >= 11 is 5.77. The van der Waals surface area contributed by atoms with Crippen molar-refractivity contribution in [3.05, 3.63) is 56.6 Å². The molecule has 0 saturated heterocycles. The summed E-state index contributed by atoms with van der Waals surface area (Å²) in [5.41, 5.74) is -1.45. The Morgan fingerprint density at radius 3 is 2.36 bits per heavy atom. The lowest BCUT2D eigenvalue weighted by Gasteiger charge is -2.16. The minimum absolute atomic E-state index is 0.0124. The van der Waals surface area contributed by atoms with Crippen LogP contribution in [0.15, 0.2) is 28.1 Å². The van der Waals surface area contributed by atoms with Crippen LogP contribution in [0.5, 0.6) is 0 Å². The lowest BCUT2D eigenvalue weighted by molar-refractivity contribution is 0.322. The molecule has 1 heterocycles. The number of pyridine rings is 1. The Kier molecular flexibility index (Phi) is 4.56. The van der Waals surface area contributed by atoms with Crippen LogP contribution in [0.25, 0.3) is 11.3 Å². The number of oxime groups is 1. The zero-order valence-corrected chi connectivity index (χ0v) is 12.0. The van der Waals surface area contributed by atoms with E-state index >= 15 is 0 Å². The lowest BCUT2D eigenvalue weighted by Crippen LogP contribution is -2.23. The average Bonchev–Trinajstić information content (AvgIpc) is 2.43. The van der Waals surface area contributed by atoms with E-state index in [0.29, 0.717) is 12.1 Å². The van der Waals surface area contributed by atoms with Gasteiger partial charge in [-0.1, -0.05) is 16.8 Å². The fraction of sp³-hybridized carbons (Fsp3) is 0.143. The van der Waals surface area contributed by atoms with E-state index in [9.17, 15) is 18.0 Å². The largest absolute Gasteiger partial charge is 0.411 e. The first-order valence-corrected chi connectivity index (χ1v) is 6.54. The van der Waals surface area contributed by atoms with Crippen LogP contribution in [0.2, 0.25) is 5.02 Å². The molecule has 1 N–H and O–H groups in total. The Morgan fingerprint density at radius 1 is 1.27 bits per heavy atom. The van der Waals surface area contributed by atoms with Gasteiger partial charge in [-0.25, -0.2) is 13.2 Å². The highest BCUT2D eigenvalue weighted by Crippen LogP contribution is 2.29. The van der Waals surface area contributed by atoms with E-state index in [0.717, 1.165) is 16.8 Å². The third-order valence-electron chi connectivity index (χ3n) is 3.03. The molecule has 0 radical (unpaired) electrons. The molecule has 2 aromatic rings. The van der Waals surface area contributed by atoms with Gasteiger partial charge in [0.15, 0.2) is 0 Å². The summed E-state index contributed by atoms with van der Waals surface area (Å²) < 4.78 is 42.1. The molecule has 4 nitrogen and oxygen atoms in total. The SMILES string of the molecule is CCn1c(-c2c(F)cc(F)cc2F)c(C=NO)cc(Cl)c1=O. The normalized spacial score (nSPS) is 11.3. The highest BCUT2D eigenvalue weighted by Gasteiger charge is 2.21. The predicted octanol–water partition coefficient (Wildman–Crippen LogP) is 3.41. The molecule has 116 valence electrons. The zero-order chi connectivity index (χ0) is 16.4. The third-order valence-corrected chi connectivity index (χ3v) is 3.30. The van der Waals surface area contributed by atoms with Gasteiger partial charge in [-0.2, -0.15) is 0 Å². The van der Waals surface area contributed by atoms with Gasteiger partial charge in [0, 0.05) is 24.2 Å². The Balaban J connectivity index is 2.96. The smallest absolute Gasteiger partial charge is 0.269 e. The zero-order valence-electron chi connectivity index (χ0n) is 11.3. The van der Waals surface area contributed by atoms with E-state index in [-0.39, 0.29) is 22.8 Å². The summed E-state index contributed by atoms with van der Waals surface area (Å²) in [5.74, 6) is -3.46. The molecule has 0 saturated carbocycles. The maximum Gasteiger partial charge on any atom is 0.269 e. The maximum atomic E-state index is 14.0. The number of rotatable bonds is 3. The first-order valence-electron chi connectivity index (χ1n) is 6.16. The van der Waals surface area contributed by atoms with Crippen LogP contribution in [0.4, 0.5) is 13.2 Å². The van der Waals surface area contributed by atoms with Crippen molar-refractivity contribution in [2.24, 2.45) is 5.16 Å². The third kappa shape index (κ3) is 2.71. The Bertz CT molecular complexity index is 795. The van der Waals surface area contributed by atoms with Crippen molar-refractivity contribution in [1.29, 1.82) is 0 Å². The fourth-order valence-corrected chi connectivity index (χ4v) is 2.38. The number of hydrogen-bond acceptors (Lipinski definition) is 3. The van der Waals surface area contributed by atoms with Crippen molar-refractivity contribution in [3.63, 3.8) is 0 Å². The van der Waals surface area contributed by atoms with Crippen molar-refractivity contribution in [2.45, 2.75) is 13.5 Å². The molecule has 0 aliphatic rings. The summed E-state index contributed by atoms with van der Waals surface area (Å²) in [5, 5.41) is 11.3. The molecule has 0 bridgehead atoms. The number of aromatic nitrogens is 1. The minimum atomic E-state index is -1.19. The molecule has 0 aliphatic heterocycles. The molecule has 1 aromatic carbocycles. The van der Waals surface area contributed by atoms with Gasteiger partial charge in [0.05, 0.1) is 17.5 Å². The van der Waals surface area contributed by atoms with Gasteiger partial charge in [0.1, 0.15) is 22.5 Å². The molecule has 2 rings (SSSR count). The fourth-order valence-electron chi connectivity index (χ4n) is 2.16. The standard InChI is InChI=1S/C14H10ClF3N2O2/c1-2-20-13(7(6-19-22)3-9(15)14(20)21)12-10(17)4-8(16)5-11(12)18/h3-6,22H,2H2,1H3. The van der Waals surface area contributed by atoms with Gasteiger partial charge >= 0.3 is 0 Å². The van der Waals surface area contributed by atoms with Gasteiger partial charge < -0.3 is 9.77 Å². The van der Waals surface area contributed by atoms with Gasteiger partial charge in [-0.05, 0) is 13.0 Å². The molecule has 0 atom stereocenters. The summed E-state index contributed by atoms with van der Waals surface area (Å²) in [7, 11) is 0. The van der Waals surface area contributed by atoms with Crippen molar-refractivity contribution in [2.75, 3.05) is 0 Å². The van der Waals surface area contributed by atoms with E-state index in [1.54, 1.807) is 6.92 Å². The van der Waals surface area contributed by atoms with Crippen molar-refractivity contribution < 1.29 is 18.4 Å². The molecule has 0 amide bonds. The average molecular weight is 331 g/mol. The highest BCUT2D eigenvalue weighted by molar-refractivity contribution is 6.30. The maximum absolute atomic E-state index is 14.0. The summed E-state index contributed by atoms with van der Waals surface area (Å²) in [6.45, 7) is 1.62. The van der Waals surface area contributed by atoms with E-state index in [1.807, 2.05) is 0 Å². The monoisotopic (exact) mass is 330 g/mol. The minimum Gasteiger partial charge on any atom is -0.411 e. The quantitative estimate of drug-likeness (QED) is 0.532. The van der Waals surface area contributed by atoms with Crippen LogP contribution in [-0.4, -0.2) is 16.0 Å². The molecule has 8 heteroatoms. The second-order valence-electron chi connectivity index (χ2n) is 4.33. The van der Waals surface area contributed by atoms with E-state index in [1.165, 1.54) is 0 Å². The number of hydrogen-bond donors (Lipinski definition) is 1. The molecular weight excluding hydrogens is 321 g/mol. The number of benzene rings is 1. The van der Waals surface area contributed by atoms with Crippen LogP contribution in [0, 0.1) is 17.5 Å². The van der Waals surface area contributed by atoms with Crippen molar-refractivity contribution in [3.8, 4) is 11.3 Å². The lowest BCUT2D eigenvalue weighted by atomic mass is 10.0. The Morgan fingerprint density at radius 2 is 1.86 bits per heavy atom. The second kappa shape index (κ2) is 6.23. The van der Waals surface area contributed by atoms with Gasteiger partial charge in [-0.15, -0.1) is 0 Å². The van der Waals surface area contributed by atoms with E-state index < -0.39 is 28.6 Å². The molecule has 22 heavy (non-hydrogen) atoms. The van der Waals surface area contributed by atoms with E-state index in [2.05, 4.69) is 5.16 Å². The molecule has 0 aliphatic carbocycles.